The summed E-state index contributed by atoms with van der Waals surface area (Å²) in [5.74, 6) is 0.106. The smallest absolute Gasteiger partial charge is 0.402 e. The number of nitro benzene ring substituents is 1. The molecule has 0 spiro atoms. The molecule has 0 aromatic heterocycles. The molecular weight excluding hydrogens is 371 g/mol. The number of aliphatic hydroxyl groups is 1. The van der Waals surface area contributed by atoms with Gasteiger partial charge in [0, 0.05) is 12.1 Å². The van der Waals surface area contributed by atoms with Gasteiger partial charge in [-0.3, -0.25) is 10.1 Å². The molecule has 1 saturated heterocycles. The average Bonchev–Trinajstić information content (AvgIpc) is 2.91. The monoisotopic (exact) mass is 404 g/mol. The van der Waals surface area contributed by atoms with E-state index in [1.807, 2.05) is 26.8 Å². The van der Waals surface area contributed by atoms with Crippen LogP contribution in [0.25, 0.3) is 0 Å². The summed E-state index contributed by atoms with van der Waals surface area (Å²) in [4.78, 5) is 11.9. The molecule has 1 aromatic rings. The van der Waals surface area contributed by atoms with E-state index in [1.54, 1.807) is 19.9 Å². The molecule has 1 saturated carbocycles. The fourth-order valence-electron chi connectivity index (χ4n) is 4.19. The Kier molecular flexibility index (Phi) is 6.27. The Bertz CT molecular complexity index is 756. The van der Waals surface area contributed by atoms with Crippen molar-refractivity contribution in [1.82, 2.24) is 0 Å². The number of hydrogen-bond donors (Lipinski definition) is 2. The molecule has 1 aliphatic carbocycles. The minimum Gasteiger partial charge on any atom is -0.402 e. The zero-order chi connectivity index (χ0) is 21.4. The zero-order valence-electron chi connectivity index (χ0n) is 18.2. The minimum absolute atomic E-state index is 0.0863. The summed E-state index contributed by atoms with van der Waals surface area (Å²) >= 11 is 0. The van der Waals surface area contributed by atoms with Crippen LogP contribution in [0.4, 0.5) is 11.4 Å². The molecule has 0 bridgehead atoms. The standard InChI is InChI=1S/C21H33BN2O5/c1-14-21(4,5)29-22(28-14)16-11-12-17(23-13-20(2,3)25)19(24(26)27)18(16)15-9-7-6-8-10-15/h11-12,14-15,23,25H,6-10,13H2,1-5H3. The van der Waals surface area contributed by atoms with Crippen LogP contribution in [0.5, 0.6) is 0 Å². The first-order valence-electron chi connectivity index (χ1n) is 10.6. The number of benzene rings is 1. The molecule has 2 N–H and O–H groups in total. The molecule has 1 unspecified atom stereocenters. The van der Waals surface area contributed by atoms with Gasteiger partial charge in [0.1, 0.15) is 5.69 Å². The van der Waals surface area contributed by atoms with Crippen molar-refractivity contribution in [1.29, 1.82) is 0 Å². The van der Waals surface area contributed by atoms with E-state index in [1.165, 1.54) is 0 Å². The molecule has 2 aliphatic rings. The van der Waals surface area contributed by atoms with Crippen LogP contribution in [0.1, 0.15) is 78.2 Å². The quantitative estimate of drug-likeness (QED) is 0.426. The molecule has 2 fully saturated rings. The van der Waals surface area contributed by atoms with Gasteiger partial charge in [0.25, 0.3) is 5.69 Å². The van der Waals surface area contributed by atoms with Crippen LogP contribution in [0.2, 0.25) is 0 Å². The Balaban J connectivity index is 2.08. The normalized spacial score (nSPS) is 22.7. The Labute approximate surface area is 173 Å². The van der Waals surface area contributed by atoms with E-state index in [9.17, 15) is 15.2 Å². The topological polar surface area (TPSA) is 93.9 Å². The lowest BCUT2D eigenvalue weighted by atomic mass is 9.69. The van der Waals surface area contributed by atoms with E-state index in [4.69, 9.17) is 9.31 Å². The molecule has 3 rings (SSSR count). The van der Waals surface area contributed by atoms with Crippen LogP contribution >= 0.6 is 0 Å². The SMILES string of the molecule is CC1OB(c2ccc(NCC(C)(C)O)c([N+](=O)[O-])c2C2CCCCC2)OC1(C)C. The van der Waals surface area contributed by atoms with Gasteiger partial charge in [-0.25, -0.2) is 0 Å². The number of nitro groups is 1. The first-order chi connectivity index (χ1) is 13.5. The van der Waals surface area contributed by atoms with Gasteiger partial charge in [-0.05, 0) is 64.9 Å². The lowest BCUT2D eigenvalue weighted by Crippen LogP contribution is -2.38. The van der Waals surface area contributed by atoms with Crippen molar-refractivity contribution in [2.45, 2.75) is 89.9 Å². The first kappa shape index (κ1) is 22.1. The second-order valence-electron chi connectivity index (χ2n) is 9.55. The van der Waals surface area contributed by atoms with E-state index in [0.717, 1.165) is 43.1 Å². The van der Waals surface area contributed by atoms with E-state index >= 15 is 0 Å². The summed E-state index contributed by atoms with van der Waals surface area (Å²) in [6.07, 6.45) is 5.03. The van der Waals surface area contributed by atoms with Gasteiger partial charge in [-0.15, -0.1) is 0 Å². The minimum atomic E-state index is -0.978. The molecule has 7 nitrogen and oxygen atoms in total. The highest BCUT2D eigenvalue weighted by Crippen LogP contribution is 2.41. The fraction of sp³-hybridized carbons (Fsp3) is 0.714. The lowest BCUT2D eigenvalue weighted by Gasteiger charge is -2.26. The maximum absolute atomic E-state index is 12.2. The van der Waals surface area contributed by atoms with Gasteiger partial charge in [-0.2, -0.15) is 0 Å². The maximum atomic E-state index is 12.2. The van der Waals surface area contributed by atoms with Gasteiger partial charge in [0.2, 0.25) is 0 Å². The largest absolute Gasteiger partial charge is 0.495 e. The molecule has 160 valence electrons. The van der Waals surface area contributed by atoms with Crippen molar-refractivity contribution in [3.63, 3.8) is 0 Å². The maximum Gasteiger partial charge on any atom is 0.495 e. The van der Waals surface area contributed by atoms with Crippen LogP contribution in [-0.4, -0.2) is 41.0 Å². The summed E-state index contributed by atoms with van der Waals surface area (Å²) in [5, 5.41) is 25.3. The van der Waals surface area contributed by atoms with Gasteiger partial charge in [0.05, 0.1) is 22.2 Å². The summed E-state index contributed by atoms with van der Waals surface area (Å²) < 4.78 is 12.2. The van der Waals surface area contributed by atoms with E-state index in [2.05, 4.69) is 5.32 Å². The number of hydrogen-bond acceptors (Lipinski definition) is 6. The Morgan fingerprint density at radius 1 is 1.31 bits per heavy atom. The van der Waals surface area contributed by atoms with E-state index in [-0.39, 0.29) is 29.2 Å². The zero-order valence-corrected chi connectivity index (χ0v) is 18.2. The molecule has 0 radical (unpaired) electrons. The number of anilines is 1. The average molecular weight is 404 g/mol. The van der Waals surface area contributed by atoms with Crippen molar-refractivity contribution >= 4 is 24.0 Å². The second kappa shape index (κ2) is 8.24. The Hall–Kier alpha value is -1.64. The van der Waals surface area contributed by atoms with Crippen molar-refractivity contribution in [2.24, 2.45) is 0 Å². The van der Waals surface area contributed by atoms with Gasteiger partial charge >= 0.3 is 7.12 Å². The predicted molar refractivity (Wildman–Crippen MR) is 115 cm³/mol. The number of nitrogens with zero attached hydrogens (tertiary/aromatic N) is 1. The summed E-state index contributed by atoms with van der Waals surface area (Å²) in [6.45, 7) is 9.49. The van der Waals surface area contributed by atoms with Crippen molar-refractivity contribution in [2.75, 3.05) is 11.9 Å². The highest BCUT2D eigenvalue weighted by atomic mass is 16.7. The van der Waals surface area contributed by atoms with Crippen LogP contribution in [-0.2, 0) is 9.31 Å². The van der Waals surface area contributed by atoms with Crippen molar-refractivity contribution in [3.8, 4) is 0 Å². The van der Waals surface area contributed by atoms with Gasteiger partial charge in [-0.1, -0.05) is 25.3 Å². The third-order valence-electron chi connectivity index (χ3n) is 6.13. The molecular formula is C21H33BN2O5. The van der Waals surface area contributed by atoms with Gasteiger partial charge in [0.15, 0.2) is 0 Å². The first-order valence-corrected chi connectivity index (χ1v) is 10.6. The van der Waals surface area contributed by atoms with Crippen LogP contribution in [0.15, 0.2) is 12.1 Å². The summed E-state index contributed by atoms with van der Waals surface area (Å²) in [6, 6.07) is 3.61. The number of nitrogens with one attached hydrogen (secondary N) is 1. The van der Waals surface area contributed by atoms with Crippen molar-refractivity contribution in [3.05, 3.63) is 27.8 Å². The van der Waals surface area contributed by atoms with Crippen molar-refractivity contribution < 1.29 is 19.3 Å². The van der Waals surface area contributed by atoms with E-state index < -0.39 is 18.3 Å². The third kappa shape index (κ3) is 4.93. The Morgan fingerprint density at radius 2 is 1.97 bits per heavy atom. The van der Waals surface area contributed by atoms with Crippen LogP contribution in [0, 0.1) is 10.1 Å². The second-order valence-corrected chi connectivity index (χ2v) is 9.55. The molecule has 29 heavy (non-hydrogen) atoms. The highest BCUT2D eigenvalue weighted by Gasteiger charge is 2.46. The number of rotatable bonds is 6. The molecule has 1 aromatic carbocycles. The Morgan fingerprint density at radius 3 is 2.48 bits per heavy atom. The van der Waals surface area contributed by atoms with Crippen LogP contribution in [0.3, 0.4) is 0 Å². The van der Waals surface area contributed by atoms with E-state index in [0.29, 0.717) is 5.69 Å². The summed E-state index contributed by atoms with van der Waals surface area (Å²) in [5.41, 5.74) is 0.575. The predicted octanol–water partition coefficient (Wildman–Crippen LogP) is 3.73. The fourth-order valence-corrected chi connectivity index (χ4v) is 4.19. The highest BCUT2D eigenvalue weighted by molar-refractivity contribution is 6.62. The lowest BCUT2D eigenvalue weighted by molar-refractivity contribution is -0.384. The summed E-state index contributed by atoms with van der Waals surface area (Å²) in [7, 11) is -0.612. The van der Waals surface area contributed by atoms with Crippen LogP contribution < -0.4 is 10.8 Å². The molecule has 8 heteroatoms. The van der Waals surface area contributed by atoms with Gasteiger partial charge < -0.3 is 19.7 Å². The third-order valence-corrected chi connectivity index (χ3v) is 6.13. The molecule has 1 heterocycles. The molecule has 1 aliphatic heterocycles. The molecule has 0 amide bonds. The molecule has 1 atom stereocenters.